The van der Waals surface area contributed by atoms with Crippen molar-refractivity contribution in [3.8, 4) is 0 Å². The first-order chi connectivity index (χ1) is 14.5. The SMILES string of the molecule is C=C(NC1CCCC(CCC)(N/C(=C\CC)c2ncccn2)C1)c1cncc(C)n1. The van der Waals surface area contributed by atoms with E-state index in [0.29, 0.717) is 6.04 Å². The molecule has 0 aliphatic heterocycles. The van der Waals surface area contributed by atoms with E-state index in [4.69, 9.17) is 0 Å². The van der Waals surface area contributed by atoms with Crippen LogP contribution in [0.15, 0.2) is 43.5 Å². The van der Waals surface area contributed by atoms with Gasteiger partial charge < -0.3 is 10.6 Å². The van der Waals surface area contributed by atoms with Gasteiger partial charge >= 0.3 is 0 Å². The van der Waals surface area contributed by atoms with Crippen molar-refractivity contribution >= 4 is 11.4 Å². The zero-order chi connectivity index (χ0) is 21.4. The smallest absolute Gasteiger partial charge is 0.175 e. The summed E-state index contributed by atoms with van der Waals surface area (Å²) in [5, 5.41) is 7.51. The Morgan fingerprint density at radius 2 is 2.07 bits per heavy atom. The van der Waals surface area contributed by atoms with Crippen LogP contribution >= 0.6 is 0 Å². The van der Waals surface area contributed by atoms with Crippen LogP contribution in [0.5, 0.6) is 0 Å². The molecule has 2 aromatic rings. The Morgan fingerprint density at radius 1 is 1.27 bits per heavy atom. The molecule has 2 heterocycles. The fourth-order valence-electron chi connectivity index (χ4n) is 4.42. The van der Waals surface area contributed by atoms with Crippen LogP contribution in [0, 0.1) is 6.92 Å². The third kappa shape index (κ3) is 5.65. The van der Waals surface area contributed by atoms with Crippen molar-refractivity contribution in [3.63, 3.8) is 0 Å². The second-order valence-corrected chi connectivity index (χ2v) is 8.22. The van der Waals surface area contributed by atoms with Crippen LogP contribution in [0.4, 0.5) is 0 Å². The predicted octanol–water partition coefficient (Wildman–Crippen LogP) is 4.66. The van der Waals surface area contributed by atoms with E-state index in [9.17, 15) is 0 Å². The number of rotatable bonds is 9. The van der Waals surface area contributed by atoms with Gasteiger partial charge in [-0.3, -0.25) is 4.98 Å². The van der Waals surface area contributed by atoms with Crippen LogP contribution in [0.3, 0.4) is 0 Å². The van der Waals surface area contributed by atoms with Crippen molar-refractivity contribution in [1.82, 2.24) is 30.6 Å². The van der Waals surface area contributed by atoms with Gasteiger partial charge in [0.2, 0.25) is 0 Å². The fraction of sp³-hybridized carbons (Fsp3) is 0.500. The molecule has 2 aromatic heterocycles. The fourth-order valence-corrected chi connectivity index (χ4v) is 4.42. The maximum atomic E-state index is 4.56. The number of aryl methyl sites for hydroxylation is 1. The normalized spacial score (nSPS) is 21.8. The largest absolute Gasteiger partial charge is 0.381 e. The second-order valence-electron chi connectivity index (χ2n) is 8.22. The molecule has 0 spiro atoms. The quantitative estimate of drug-likeness (QED) is 0.631. The highest BCUT2D eigenvalue weighted by atomic mass is 15.1. The molecular weight excluding hydrogens is 372 g/mol. The Labute approximate surface area is 180 Å². The van der Waals surface area contributed by atoms with Gasteiger partial charge in [0, 0.05) is 30.2 Å². The lowest BCUT2D eigenvalue weighted by Gasteiger charge is -2.43. The van der Waals surface area contributed by atoms with E-state index in [1.54, 1.807) is 24.8 Å². The number of nitrogens with zero attached hydrogens (tertiary/aromatic N) is 4. The highest BCUT2D eigenvalue weighted by molar-refractivity contribution is 5.59. The first-order valence-corrected chi connectivity index (χ1v) is 11.1. The van der Waals surface area contributed by atoms with Gasteiger partial charge in [0.15, 0.2) is 5.82 Å². The van der Waals surface area contributed by atoms with Gasteiger partial charge in [0.25, 0.3) is 0 Å². The number of nitrogens with one attached hydrogen (secondary N) is 2. The van der Waals surface area contributed by atoms with E-state index >= 15 is 0 Å². The molecule has 0 bridgehead atoms. The maximum absolute atomic E-state index is 4.56. The molecule has 0 aromatic carbocycles. The lowest BCUT2D eigenvalue weighted by molar-refractivity contribution is 0.211. The topological polar surface area (TPSA) is 75.6 Å². The summed E-state index contributed by atoms with van der Waals surface area (Å²) in [5.74, 6) is 0.768. The molecule has 2 atom stereocenters. The van der Waals surface area contributed by atoms with Crippen LogP contribution in [0.1, 0.15) is 76.0 Å². The molecule has 0 radical (unpaired) electrons. The van der Waals surface area contributed by atoms with Gasteiger partial charge in [-0.2, -0.15) is 0 Å². The van der Waals surface area contributed by atoms with E-state index in [1.165, 1.54) is 0 Å². The number of hydrogen-bond acceptors (Lipinski definition) is 6. The monoisotopic (exact) mass is 406 g/mol. The van der Waals surface area contributed by atoms with E-state index in [2.05, 4.69) is 57.1 Å². The van der Waals surface area contributed by atoms with Crippen LogP contribution < -0.4 is 10.6 Å². The Kier molecular flexibility index (Phi) is 7.55. The summed E-state index contributed by atoms with van der Waals surface area (Å²) in [7, 11) is 0. The molecule has 30 heavy (non-hydrogen) atoms. The molecule has 2 unspecified atom stereocenters. The van der Waals surface area contributed by atoms with E-state index in [0.717, 1.165) is 73.6 Å². The third-order valence-corrected chi connectivity index (χ3v) is 5.63. The maximum Gasteiger partial charge on any atom is 0.175 e. The van der Waals surface area contributed by atoms with Gasteiger partial charge in [-0.25, -0.2) is 15.0 Å². The minimum absolute atomic E-state index is 0.0173. The molecular formula is C24H34N6. The first-order valence-electron chi connectivity index (χ1n) is 11.1. The summed E-state index contributed by atoms with van der Waals surface area (Å²) in [6.45, 7) is 10.6. The van der Waals surface area contributed by atoms with E-state index in [1.807, 2.05) is 13.0 Å². The Bertz CT molecular complexity index is 859. The lowest BCUT2D eigenvalue weighted by atomic mass is 9.75. The summed E-state index contributed by atoms with van der Waals surface area (Å²) in [4.78, 5) is 17.8. The molecule has 2 N–H and O–H groups in total. The number of allylic oxidation sites excluding steroid dienone is 1. The summed E-state index contributed by atoms with van der Waals surface area (Å²) >= 11 is 0. The summed E-state index contributed by atoms with van der Waals surface area (Å²) in [5.41, 5.74) is 3.62. The van der Waals surface area contributed by atoms with Crippen LogP contribution in [-0.4, -0.2) is 31.5 Å². The van der Waals surface area contributed by atoms with Crippen molar-refractivity contribution in [1.29, 1.82) is 0 Å². The van der Waals surface area contributed by atoms with Gasteiger partial charge in [0.05, 0.1) is 23.3 Å². The molecule has 160 valence electrons. The van der Waals surface area contributed by atoms with Crippen LogP contribution in [0.25, 0.3) is 11.4 Å². The number of hydrogen-bond donors (Lipinski definition) is 2. The third-order valence-electron chi connectivity index (χ3n) is 5.63. The zero-order valence-corrected chi connectivity index (χ0v) is 18.5. The predicted molar refractivity (Wildman–Crippen MR) is 122 cm³/mol. The molecule has 1 aliphatic carbocycles. The Morgan fingerprint density at radius 3 is 2.77 bits per heavy atom. The standard InChI is InChI=1S/C24H34N6/c1-5-9-21(23-26-13-8-14-27-23)30-24(11-6-2)12-7-10-20(15-24)29-19(4)22-17-25-16-18(3)28-22/h8-9,13-14,16-17,20,29-30H,4-7,10-12,15H2,1-3H3/b21-9-. The molecule has 3 rings (SSSR count). The molecule has 1 saturated carbocycles. The van der Waals surface area contributed by atoms with Crippen molar-refractivity contribution in [2.24, 2.45) is 0 Å². The van der Waals surface area contributed by atoms with Gasteiger partial charge in [-0.1, -0.05) is 32.9 Å². The van der Waals surface area contributed by atoms with Crippen molar-refractivity contribution in [2.75, 3.05) is 0 Å². The number of aromatic nitrogens is 4. The summed E-state index contributed by atoms with van der Waals surface area (Å²) in [6.07, 6.45) is 17.0. The second kappa shape index (κ2) is 10.3. The van der Waals surface area contributed by atoms with Crippen LogP contribution in [0.2, 0.25) is 0 Å². The average Bonchev–Trinajstić information content (AvgIpc) is 2.74. The molecule has 0 amide bonds. The lowest BCUT2D eigenvalue weighted by Crippen LogP contribution is -2.51. The van der Waals surface area contributed by atoms with E-state index in [-0.39, 0.29) is 5.54 Å². The highest BCUT2D eigenvalue weighted by Gasteiger charge is 2.36. The van der Waals surface area contributed by atoms with Crippen molar-refractivity contribution in [2.45, 2.75) is 77.3 Å². The van der Waals surface area contributed by atoms with E-state index < -0.39 is 0 Å². The highest BCUT2D eigenvalue weighted by Crippen LogP contribution is 2.35. The molecule has 6 nitrogen and oxygen atoms in total. The Hall–Kier alpha value is -2.76. The Balaban J connectivity index is 1.76. The van der Waals surface area contributed by atoms with Gasteiger partial charge in [-0.05, 0) is 51.5 Å². The van der Waals surface area contributed by atoms with Gasteiger partial charge in [-0.15, -0.1) is 0 Å². The summed E-state index contributed by atoms with van der Waals surface area (Å²) in [6, 6.07) is 2.20. The van der Waals surface area contributed by atoms with Crippen molar-refractivity contribution < 1.29 is 0 Å². The summed E-state index contributed by atoms with van der Waals surface area (Å²) < 4.78 is 0. The molecule has 0 saturated heterocycles. The minimum Gasteiger partial charge on any atom is -0.381 e. The van der Waals surface area contributed by atoms with Gasteiger partial charge in [0.1, 0.15) is 5.69 Å². The first kappa shape index (κ1) is 21.9. The van der Waals surface area contributed by atoms with Crippen molar-refractivity contribution in [3.05, 3.63) is 60.7 Å². The molecule has 1 aliphatic rings. The zero-order valence-electron chi connectivity index (χ0n) is 18.5. The van der Waals surface area contributed by atoms with Crippen LogP contribution in [-0.2, 0) is 0 Å². The minimum atomic E-state index is 0.0173. The average molecular weight is 407 g/mol. The molecule has 1 fully saturated rings. The molecule has 6 heteroatoms.